The van der Waals surface area contributed by atoms with E-state index in [1.165, 1.54) is 27.7 Å². The molecule has 4 aliphatic carbocycles. The SMILES string of the molecule is CC(=O)OCC12C(OC(C)=O)CC(OC(C)=O)CC1(O)CCC1C2C(OC(C)=O)CC2(C)C(C(=O)O)CCC12O. The zero-order valence-electron chi connectivity index (χ0n) is 23.6. The van der Waals surface area contributed by atoms with Crippen LogP contribution in [0.4, 0.5) is 0 Å². The van der Waals surface area contributed by atoms with Gasteiger partial charge in [0.2, 0.25) is 0 Å². The maximum absolute atomic E-state index is 12.5. The number of aliphatic carboxylic acids is 1. The summed E-state index contributed by atoms with van der Waals surface area (Å²) >= 11 is 0. The van der Waals surface area contributed by atoms with Crippen molar-refractivity contribution in [3.63, 3.8) is 0 Å². The van der Waals surface area contributed by atoms with Gasteiger partial charge in [-0.25, -0.2) is 0 Å². The normalized spacial score (nSPS) is 43.8. The second-order valence-electron chi connectivity index (χ2n) is 12.4. The summed E-state index contributed by atoms with van der Waals surface area (Å²) in [5.41, 5.74) is -5.97. The van der Waals surface area contributed by atoms with Crippen LogP contribution in [0, 0.1) is 28.6 Å². The van der Waals surface area contributed by atoms with Gasteiger partial charge in [0.25, 0.3) is 0 Å². The summed E-state index contributed by atoms with van der Waals surface area (Å²) in [5, 5.41) is 34.9. The zero-order valence-corrected chi connectivity index (χ0v) is 23.6. The van der Waals surface area contributed by atoms with Gasteiger partial charge in [-0.2, -0.15) is 0 Å². The molecule has 0 heterocycles. The first kappa shape index (κ1) is 30.2. The summed E-state index contributed by atoms with van der Waals surface area (Å²) in [5.74, 6) is -6.10. The van der Waals surface area contributed by atoms with E-state index < -0.39 is 94.6 Å². The molecule has 0 aromatic heterocycles. The van der Waals surface area contributed by atoms with Crippen LogP contribution < -0.4 is 0 Å². The van der Waals surface area contributed by atoms with E-state index in [1.807, 2.05) is 0 Å². The van der Waals surface area contributed by atoms with Crippen LogP contribution in [0.25, 0.3) is 0 Å². The third-order valence-electron chi connectivity index (χ3n) is 10.4. The third-order valence-corrected chi connectivity index (χ3v) is 10.4. The number of carbonyl (C=O) groups is 5. The molecule has 0 aromatic rings. The zero-order chi connectivity index (χ0) is 29.8. The van der Waals surface area contributed by atoms with E-state index in [-0.39, 0.29) is 44.9 Å². The van der Waals surface area contributed by atoms with Gasteiger partial charge in [-0.05, 0) is 38.0 Å². The van der Waals surface area contributed by atoms with Crippen LogP contribution in [0.15, 0.2) is 0 Å². The van der Waals surface area contributed by atoms with E-state index >= 15 is 0 Å². The monoisotopic (exact) mass is 568 g/mol. The van der Waals surface area contributed by atoms with Gasteiger partial charge >= 0.3 is 29.8 Å². The maximum Gasteiger partial charge on any atom is 0.307 e. The lowest BCUT2D eigenvalue weighted by molar-refractivity contribution is -0.320. The van der Waals surface area contributed by atoms with Crippen LogP contribution in [0.5, 0.6) is 0 Å². The number of hydrogen-bond acceptors (Lipinski definition) is 11. The summed E-state index contributed by atoms with van der Waals surface area (Å²) in [4.78, 5) is 61.2. The van der Waals surface area contributed by atoms with Crippen LogP contribution in [-0.4, -0.2) is 81.3 Å². The van der Waals surface area contributed by atoms with E-state index in [0.717, 1.165) is 0 Å². The fourth-order valence-corrected chi connectivity index (χ4v) is 9.01. The maximum atomic E-state index is 12.5. The van der Waals surface area contributed by atoms with Gasteiger partial charge in [0.1, 0.15) is 24.9 Å². The van der Waals surface area contributed by atoms with Crippen molar-refractivity contribution in [1.29, 1.82) is 0 Å². The van der Waals surface area contributed by atoms with E-state index in [2.05, 4.69) is 0 Å². The van der Waals surface area contributed by atoms with Crippen molar-refractivity contribution in [2.45, 2.75) is 109 Å². The van der Waals surface area contributed by atoms with Crippen LogP contribution in [0.2, 0.25) is 0 Å². The molecule has 10 unspecified atom stereocenters. The summed E-state index contributed by atoms with van der Waals surface area (Å²) in [6, 6.07) is 0. The van der Waals surface area contributed by atoms with E-state index in [0.29, 0.717) is 0 Å². The molecule has 40 heavy (non-hydrogen) atoms. The number of hydrogen-bond donors (Lipinski definition) is 3. The highest BCUT2D eigenvalue weighted by Crippen LogP contribution is 2.70. The molecule has 0 saturated heterocycles. The van der Waals surface area contributed by atoms with Crippen molar-refractivity contribution in [2.24, 2.45) is 28.6 Å². The Morgan fingerprint density at radius 1 is 0.825 bits per heavy atom. The molecule has 12 heteroatoms. The number of carboxylic acids is 1. The molecule has 3 N–H and O–H groups in total. The molecule has 4 aliphatic rings. The first-order valence-electron chi connectivity index (χ1n) is 13.8. The van der Waals surface area contributed by atoms with Crippen molar-refractivity contribution in [2.75, 3.05) is 6.61 Å². The van der Waals surface area contributed by atoms with E-state index in [4.69, 9.17) is 18.9 Å². The molecule has 4 saturated carbocycles. The molecule has 0 radical (unpaired) electrons. The number of esters is 4. The van der Waals surface area contributed by atoms with Crippen molar-refractivity contribution in [3.05, 3.63) is 0 Å². The van der Waals surface area contributed by atoms with Crippen molar-refractivity contribution < 1.29 is 58.2 Å². The lowest BCUT2D eigenvalue weighted by Gasteiger charge is -2.68. The molecular weight excluding hydrogens is 528 g/mol. The number of ether oxygens (including phenoxy) is 4. The first-order valence-corrected chi connectivity index (χ1v) is 13.8. The molecule has 0 bridgehead atoms. The molecule has 224 valence electrons. The van der Waals surface area contributed by atoms with Crippen molar-refractivity contribution >= 4 is 29.8 Å². The summed E-state index contributed by atoms with van der Waals surface area (Å²) in [6.07, 6.45) is -2.43. The minimum absolute atomic E-state index is 0.0216. The minimum Gasteiger partial charge on any atom is -0.481 e. The standard InChI is InChI=1S/C28H40O12/c1-14(29)37-13-27-22(40-17(4)32)10-18(38-15(2)30)11-26(27,35)8-6-19-23(27)21(39-16(3)31)12-25(5)20(24(33)34)7-9-28(19,25)36/h18-23,35-36H,6-13H2,1-5H3,(H,33,34). The lowest BCUT2D eigenvalue weighted by atomic mass is 9.40. The molecule has 0 aliphatic heterocycles. The largest absolute Gasteiger partial charge is 0.481 e. The Bertz CT molecular complexity index is 1090. The lowest BCUT2D eigenvalue weighted by Crippen LogP contribution is -2.76. The van der Waals surface area contributed by atoms with Crippen LogP contribution in [0.1, 0.15) is 79.6 Å². The van der Waals surface area contributed by atoms with Gasteiger partial charge in [-0.15, -0.1) is 0 Å². The van der Waals surface area contributed by atoms with Gasteiger partial charge < -0.3 is 34.3 Å². The highest BCUT2D eigenvalue weighted by atomic mass is 16.6. The molecular formula is C28H40O12. The smallest absolute Gasteiger partial charge is 0.307 e. The molecule has 0 aromatic carbocycles. The Hall–Kier alpha value is -2.73. The van der Waals surface area contributed by atoms with E-state index in [9.17, 15) is 39.3 Å². The third kappa shape index (κ3) is 4.56. The second-order valence-corrected chi connectivity index (χ2v) is 12.4. The van der Waals surface area contributed by atoms with Crippen LogP contribution in [0.3, 0.4) is 0 Å². The number of aliphatic hydroxyl groups is 2. The van der Waals surface area contributed by atoms with Gasteiger partial charge in [0.05, 0.1) is 22.5 Å². The summed E-state index contributed by atoms with van der Waals surface area (Å²) < 4.78 is 22.7. The number of carbonyl (C=O) groups excluding carboxylic acids is 4. The number of fused-ring (bicyclic) bond motifs is 5. The Balaban J connectivity index is 1.94. The van der Waals surface area contributed by atoms with Crippen LogP contribution in [-0.2, 0) is 42.9 Å². The number of rotatable bonds is 6. The second kappa shape index (κ2) is 10.3. The van der Waals surface area contributed by atoms with Gasteiger partial charge in [0.15, 0.2) is 0 Å². The Morgan fingerprint density at radius 3 is 2.00 bits per heavy atom. The van der Waals surface area contributed by atoms with Crippen molar-refractivity contribution in [3.8, 4) is 0 Å². The highest BCUT2D eigenvalue weighted by Gasteiger charge is 2.77. The van der Waals surface area contributed by atoms with Crippen molar-refractivity contribution in [1.82, 2.24) is 0 Å². The topological polar surface area (TPSA) is 183 Å². The molecule has 0 amide bonds. The minimum atomic E-state index is -1.73. The van der Waals surface area contributed by atoms with Gasteiger partial charge in [0, 0.05) is 51.9 Å². The average molecular weight is 569 g/mol. The molecule has 10 atom stereocenters. The first-order chi connectivity index (χ1) is 18.5. The predicted molar refractivity (Wildman–Crippen MR) is 134 cm³/mol. The summed E-state index contributed by atoms with van der Waals surface area (Å²) in [6.45, 7) is 6.12. The van der Waals surface area contributed by atoms with Gasteiger partial charge in [-0.3, -0.25) is 24.0 Å². The Morgan fingerprint density at radius 2 is 1.45 bits per heavy atom. The predicted octanol–water partition coefficient (Wildman–Crippen LogP) is 1.52. The molecule has 12 nitrogen and oxygen atoms in total. The fourth-order valence-electron chi connectivity index (χ4n) is 9.01. The van der Waals surface area contributed by atoms with Gasteiger partial charge in [-0.1, -0.05) is 6.92 Å². The molecule has 4 fully saturated rings. The highest BCUT2D eigenvalue weighted by molar-refractivity contribution is 5.72. The summed E-state index contributed by atoms with van der Waals surface area (Å²) in [7, 11) is 0. The Kier molecular flexibility index (Phi) is 7.77. The average Bonchev–Trinajstić information content (AvgIpc) is 3.07. The Labute approximate surface area is 232 Å². The molecule has 4 rings (SSSR count). The molecule has 0 spiro atoms. The number of carboxylic acid groups (broad SMARTS) is 1. The fraction of sp³-hybridized carbons (Fsp3) is 0.821. The quantitative estimate of drug-likeness (QED) is 0.311. The van der Waals surface area contributed by atoms with E-state index in [1.54, 1.807) is 6.92 Å². The van der Waals surface area contributed by atoms with Crippen LogP contribution >= 0.6 is 0 Å².